The lowest BCUT2D eigenvalue weighted by Gasteiger charge is -2.63. The Morgan fingerprint density at radius 2 is 1.78 bits per heavy atom. The van der Waals surface area contributed by atoms with Crippen LogP contribution in [0.15, 0.2) is 0 Å². The highest BCUT2D eigenvalue weighted by Crippen LogP contribution is 2.69. The normalized spacial score (nSPS) is 55.4. The summed E-state index contributed by atoms with van der Waals surface area (Å²) in [5.74, 6) is 2.53. The first kappa shape index (κ1) is 15.9. The van der Waals surface area contributed by atoms with Gasteiger partial charge >= 0.3 is 0 Å². The third-order valence-electron chi connectivity index (χ3n) is 9.30. The predicted octanol–water partition coefficient (Wildman–Crippen LogP) is 5.06. The van der Waals surface area contributed by atoms with E-state index < -0.39 is 5.60 Å². The van der Waals surface area contributed by atoms with Gasteiger partial charge in [0.15, 0.2) is 0 Å². The number of hydrogen-bond acceptors (Lipinski definition) is 2. The lowest BCUT2D eigenvalue weighted by Crippen LogP contribution is -2.61. The van der Waals surface area contributed by atoms with Crippen molar-refractivity contribution in [2.45, 2.75) is 90.1 Å². The molecular formula is C21H33NO. The largest absolute Gasteiger partial charge is 0.389 e. The molecule has 0 unspecified atom stereocenters. The fourth-order valence-electron chi connectivity index (χ4n) is 7.81. The van der Waals surface area contributed by atoms with Gasteiger partial charge < -0.3 is 5.11 Å². The zero-order chi connectivity index (χ0) is 16.3. The van der Waals surface area contributed by atoms with Crippen molar-refractivity contribution in [2.24, 2.45) is 34.5 Å². The van der Waals surface area contributed by atoms with Gasteiger partial charge in [-0.3, -0.25) is 0 Å². The zero-order valence-electron chi connectivity index (χ0n) is 15.0. The second kappa shape index (κ2) is 5.22. The summed E-state index contributed by atoms with van der Waals surface area (Å²) in [6, 6.07) is 2.40. The van der Waals surface area contributed by atoms with Crippen LogP contribution >= 0.6 is 0 Å². The highest BCUT2D eigenvalue weighted by molar-refractivity contribution is 5.17. The summed E-state index contributed by atoms with van der Waals surface area (Å²) in [7, 11) is 0. The van der Waals surface area contributed by atoms with Gasteiger partial charge in [0.2, 0.25) is 0 Å². The minimum Gasteiger partial charge on any atom is -0.389 e. The fraction of sp³-hybridized carbons (Fsp3) is 0.952. The molecule has 0 bridgehead atoms. The molecule has 4 fully saturated rings. The summed E-state index contributed by atoms with van der Waals surface area (Å²) < 4.78 is 0. The van der Waals surface area contributed by atoms with Crippen LogP contribution in [0.25, 0.3) is 0 Å². The number of nitriles is 1. The number of aliphatic hydroxyl groups is 1. The summed E-state index contributed by atoms with van der Waals surface area (Å²) in [4.78, 5) is 0. The first-order valence-corrected chi connectivity index (χ1v) is 10.0. The molecule has 0 aromatic heterocycles. The molecule has 0 radical (unpaired) electrons. The first-order chi connectivity index (χ1) is 11.0. The Labute approximate surface area is 141 Å². The lowest BCUT2D eigenvalue weighted by molar-refractivity contribution is -0.205. The summed E-state index contributed by atoms with van der Waals surface area (Å²) in [6.07, 6.45) is 13.2. The average Bonchev–Trinajstić information content (AvgIpc) is 2.80. The van der Waals surface area contributed by atoms with Crippen LogP contribution in [0.3, 0.4) is 0 Å². The molecule has 128 valence electrons. The second-order valence-electron chi connectivity index (χ2n) is 9.72. The Morgan fingerprint density at radius 1 is 0.957 bits per heavy atom. The van der Waals surface area contributed by atoms with E-state index in [-0.39, 0.29) is 5.41 Å². The molecule has 1 N–H and O–H groups in total. The van der Waals surface area contributed by atoms with Crippen molar-refractivity contribution in [3.8, 4) is 6.07 Å². The molecule has 4 rings (SSSR count). The van der Waals surface area contributed by atoms with Gasteiger partial charge in [0.25, 0.3) is 0 Å². The minimum atomic E-state index is -0.497. The molecule has 4 aliphatic rings. The van der Waals surface area contributed by atoms with Gasteiger partial charge in [-0.2, -0.15) is 5.26 Å². The Hall–Kier alpha value is -0.550. The third kappa shape index (κ3) is 1.95. The topological polar surface area (TPSA) is 44.0 Å². The van der Waals surface area contributed by atoms with Crippen molar-refractivity contribution in [1.29, 1.82) is 5.26 Å². The van der Waals surface area contributed by atoms with E-state index >= 15 is 0 Å². The van der Waals surface area contributed by atoms with Crippen molar-refractivity contribution < 1.29 is 5.11 Å². The van der Waals surface area contributed by atoms with Crippen molar-refractivity contribution >= 4 is 0 Å². The lowest BCUT2D eigenvalue weighted by atomic mass is 9.43. The van der Waals surface area contributed by atoms with E-state index in [2.05, 4.69) is 19.9 Å². The molecule has 0 amide bonds. The van der Waals surface area contributed by atoms with Gasteiger partial charge in [-0.1, -0.05) is 26.7 Å². The van der Waals surface area contributed by atoms with E-state index in [0.29, 0.717) is 23.7 Å². The Kier molecular flexibility index (Phi) is 3.62. The monoisotopic (exact) mass is 315 g/mol. The number of fused-ring (bicyclic) bond motifs is 5. The molecule has 0 heterocycles. The standard InChI is InChI=1S/C21H33NO/c1-19-11-4-3-5-15(19)6-7-18-17(19)9-12-20(2)16(10-14-22)8-13-21(18,20)23/h15-18,23H,3-13H2,1-2H3/t15-,16+,17-,18+,19-,20+,21-/m0/s1. The van der Waals surface area contributed by atoms with Crippen molar-refractivity contribution in [1.82, 2.24) is 0 Å². The van der Waals surface area contributed by atoms with Gasteiger partial charge in [-0.25, -0.2) is 0 Å². The van der Waals surface area contributed by atoms with Gasteiger partial charge in [-0.05, 0) is 80.5 Å². The molecule has 4 aliphatic carbocycles. The van der Waals surface area contributed by atoms with E-state index in [1.807, 2.05) is 0 Å². The van der Waals surface area contributed by atoms with Crippen molar-refractivity contribution in [3.63, 3.8) is 0 Å². The zero-order valence-corrected chi connectivity index (χ0v) is 15.0. The van der Waals surface area contributed by atoms with Crippen LogP contribution in [-0.2, 0) is 0 Å². The molecule has 7 atom stereocenters. The molecule has 0 aromatic carbocycles. The van der Waals surface area contributed by atoms with Crippen molar-refractivity contribution in [3.05, 3.63) is 0 Å². The first-order valence-electron chi connectivity index (χ1n) is 10.0. The highest BCUT2D eigenvalue weighted by atomic mass is 16.3. The van der Waals surface area contributed by atoms with E-state index in [1.54, 1.807) is 0 Å². The quantitative estimate of drug-likeness (QED) is 0.734. The maximum Gasteiger partial charge on any atom is 0.0735 e. The summed E-state index contributed by atoms with van der Waals surface area (Å²) in [5, 5.41) is 21.1. The number of hydrogen-bond donors (Lipinski definition) is 1. The van der Waals surface area contributed by atoms with Gasteiger partial charge in [-0.15, -0.1) is 0 Å². The molecular weight excluding hydrogens is 282 g/mol. The van der Waals surface area contributed by atoms with Crippen LogP contribution in [0.5, 0.6) is 0 Å². The molecule has 0 aromatic rings. The second-order valence-corrected chi connectivity index (χ2v) is 9.72. The van der Waals surface area contributed by atoms with Gasteiger partial charge in [0.1, 0.15) is 0 Å². The number of nitrogens with zero attached hydrogens (tertiary/aromatic N) is 1. The molecule has 23 heavy (non-hydrogen) atoms. The minimum absolute atomic E-state index is 0.0121. The molecule has 4 saturated carbocycles. The maximum atomic E-state index is 11.9. The van der Waals surface area contributed by atoms with Crippen LogP contribution in [-0.4, -0.2) is 10.7 Å². The Bertz CT molecular complexity index is 524. The summed E-state index contributed by atoms with van der Waals surface area (Å²) >= 11 is 0. The third-order valence-corrected chi connectivity index (χ3v) is 9.30. The van der Waals surface area contributed by atoms with Gasteiger partial charge in [0, 0.05) is 11.8 Å². The summed E-state index contributed by atoms with van der Waals surface area (Å²) in [6.45, 7) is 4.87. The highest BCUT2D eigenvalue weighted by Gasteiger charge is 2.66. The maximum absolute atomic E-state index is 11.9. The van der Waals surface area contributed by atoms with E-state index in [1.165, 1.54) is 44.9 Å². The molecule has 2 heteroatoms. The van der Waals surface area contributed by atoms with E-state index in [9.17, 15) is 10.4 Å². The van der Waals surface area contributed by atoms with Gasteiger partial charge in [0.05, 0.1) is 11.7 Å². The predicted molar refractivity (Wildman–Crippen MR) is 91.5 cm³/mol. The van der Waals surface area contributed by atoms with Crippen LogP contribution in [0.2, 0.25) is 0 Å². The van der Waals surface area contributed by atoms with E-state index in [0.717, 1.165) is 31.1 Å². The van der Waals surface area contributed by atoms with Crippen molar-refractivity contribution in [2.75, 3.05) is 0 Å². The molecule has 0 aliphatic heterocycles. The SMILES string of the molecule is C[C@]12CCCC[C@H]1CC[C@@H]1[C@@H]2CC[C@]2(C)[C@@H](CC#N)CC[C@]12O. The summed E-state index contributed by atoms with van der Waals surface area (Å²) in [5.41, 5.74) is -0.0316. The molecule has 0 saturated heterocycles. The van der Waals surface area contributed by atoms with Crippen LogP contribution in [0.1, 0.15) is 84.5 Å². The Balaban J connectivity index is 1.67. The molecule has 2 nitrogen and oxygen atoms in total. The fourth-order valence-corrected chi connectivity index (χ4v) is 7.81. The van der Waals surface area contributed by atoms with Crippen LogP contribution < -0.4 is 0 Å². The average molecular weight is 316 g/mol. The van der Waals surface area contributed by atoms with E-state index in [4.69, 9.17) is 0 Å². The smallest absolute Gasteiger partial charge is 0.0735 e. The Morgan fingerprint density at radius 3 is 2.57 bits per heavy atom. The molecule has 0 spiro atoms. The van der Waals surface area contributed by atoms with Crippen LogP contribution in [0.4, 0.5) is 0 Å². The number of rotatable bonds is 1. The van der Waals surface area contributed by atoms with Crippen LogP contribution in [0, 0.1) is 45.8 Å².